The van der Waals surface area contributed by atoms with Crippen LogP contribution in [0.5, 0.6) is 5.88 Å². The highest BCUT2D eigenvalue weighted by Gasteiger charge is 2.22. The van der Waals surface area contributed by atoms with Crippen LogP contribution in [0.1, 0.15) is 22.3 Å². The molecule has 0 atom stereocenters. The first kappa shape index (κ1) is 11.8. The van der Waals surface area contributed by atoms with Crippen molar-refractivity contribution in [1.82, 2.24) is 4.98 Å². The highest BCUT2D eigenvalue weighted by Crippen LogP contribution is 2.31. The Kier molecular flexibility index (Phi) is 3.57. The van der Waals surface area contributed by atoms with Crippen LogP contribution in [-0.4, -0.2) is 18.0 Å². The van der Waals surface area contributed by atoms with E-state index in [1.54, 1.807) is 0 Å². The van der Waals surface area contributed by atoms with E-state index in [0.717, 1.165) is 6.07 Å². The number of aromatic nitrogens is 1. The van der Waals surface area contributed by atoms with Crippen LogP contribution in [-0.2, 0) is 0 Å². The molecule has 2 N–H and O–H groups in total. The van der Waals surface area contributed by atoms with Crippen LogP contribution < -0.4 is 10.5 Å². The van der Waals surface area contributed by atoms with Gasteiger partial charge in [0, 0.05) is 6.07 Å². The Morgan fingerprint density at radius 1 is 1.67 bits per heavy atom. The second kappa shape index (κ2) is 4.52. The number of methoxy groups -OCH3 is 1. The SMILES string of the molecule is COc1cc(C(N)=O)c(C(F)F)c(Br)n1. The monoisotopic (exact) mass is 280 g/mol. The quantitative estimate of drug-likeness (QED) is 0.860. The molecule has 0 unspecified atom stereocenters. The second-order valence-corrected chi connectivity index (χ2v) is 3.33. The predicted octanol–water partition coefficient (Wildman–Crippen LogP) is 1.89. The first-order valence-electron chi connectivity index (χ1n) is 3.79. The maximum atomic E-state index is 12.6. The zero-order chi connectivity index (χ0) is 11.6. The van der Waals surface area contributed by atoms with E-state index in [0.29, 0.717) is 0 Å². The molecule has 0 aliphatic heterocycles. The van der Waals surface area contributed by atoms with E-state index < -0.39 is 17.9 Å². The maximum absolute atomic E-state index is 12.6. The standard InChI is InChI=1S/C8H7BrF2N2O2/c1-15-4-2-3(8(12)14)5(7(10)11)6(9)13-4/h2,7H,1H3,(H2,12,14). The summed E-state index contributed by atoms with van der Waals surface area (Å²) in [5.74, 6) is -0.910. The smallest absolute Gasteiger partial charge is 0.267 e. The molecule has 0 fully saturated rings. The summed E-state index contributed by atoms with van der Waals surface area (Å²) >= 11 is 2.83. The number of carbonyl (C=O) groups excluding carboxylic acids is 1. The minimum atomic E-state index is -2.83. The van der Waals surface area contributed by atoms with Crippen molar-refractivity contribution in [3.8, 4) is 5.88 Å². The number of halogens is 3. The van der Waals surface area contributed by atoms with Gasteiger partial charge in [0.15, 0.2) is 0 Å². The fraction of sp³-hybridized carbons (Fsp3) is 0.250. The highest BCUT2D eigenvalue weighted by molar-refractivity contribution is 9.10. The van der Waals surface area contributed by atoms with E-state index in [4.69, 9.17) is 10.5 Å². The molecule has 0 aliphatic carbocycles. The molecule has 7 heteroatoms. The van der Waals surface area contributed by atoms with Crippen LogP contribution in [0.3, 0.4) is 0 Å². The van der Waals surface area contributed by atoms with Crippen molar-refractivity contribution in [2.24, 2.45) is 5.73 Å². The molecule has 0 radical (unpaired) electrons. The van der Waals surface area contributed by atoms with E-state index >= 15 is 0 Å². The average Bonchev–Trinajstić information content (AvgIpc) is 2.15. The molecule has 4 nitrogen and oxygen atoms in total. The summed E-state index contributed by atoms with van der Waals surface area (Å²) in [5.41, 5.74) is 4.14. The number of rotatable bonds is 3. The van der Waals surface area contributed by atoms with Crippen LogP contribution >= 0.6 is 15.9 Å². The number of carbonyl (C=O) groups is 1. The molecule has 0 saturated carbocycles. The molecule has 1 rings (SSSR count). The van der Waals surface area contributed by atoms with Crippen molar-refractivity contribution >= 4 is 21.8 Å². The zero-order valence-electron chi connectivity index (χ0n) is 7.63. The first-order chi connectivity index (χ1) is 6.97. The number of nitrogens with two attached hydrogens (primary N) is 1. The molecule has 0 saturated heterocycles. The van der Waals surface area contributed by atoms with Crippen LogP contribution in [0.2, 0.25) is 0 Å². The summed E-state index contributed by atoms with van der Waals surface area (Å²) in [6, 6.07) is 1.08. The van der Waals surface area contributed by atoms with E-state index in [1.165, 1.54) is 7.11 Å². The third-order valence-electron chi connectivity index (χ3n) is 1.68. The fourth-order valence-corrected chi connectivity index (χ4v) is 1.58. The Balaban J connectivity index is 3.42. The third-order valence-corrected chi connectivity index (χ3v) is 2.29. The average molecular weight is 281 g/mol. The lowest BCUT2D eigenvalue weighted by Crippen LogP contribution is -2.15. The van der Waals surface area contributed by atoms with Gasteiger partial charge in [0.25, 0.3) is 6.43 Å². The fourth-order valence-electron chi connectivity index (χ4n) is 1.02. The summed E-state index contributed by atoms with van der Waals surface area (Å²) in [5, 5.41) is 0. The minimum absolute atomic E-state index is 0.0417. The molecular formula is C8H7BrF2N2O2. The van der Waals surface area contributed by atoms with Gasteiger partial charge < -0.3 is 10.5 Å². The van der Waals surface area contributed by atoms with Crippen molar-refractivity contribution in [3.05, 3.63) is 21.8 Å². The Morgan fingerprint density at radius 3 is 2.67 bits per heavy atom. The third kappa shape index (κ3) is 2.41. The summed E-state index contributed by atoms with van der Waals surface area (Å²) in [6.45, 7) is 0. The molecular weight excluding hydrogens is 274 g/mol. The van der Waals surface area contributed by atoms with Crippen molar-refractivity contribution in [2.75, 3.05) is 7.11 Å². The molecule has 1 amide bonds. The number of hydrogen-bond donors (Lipinski definition) is 1. The van der Waals surface area contributed by atoms with Gasteiger partial charge in [-0.25, -0.2) is 13.8 Å². The van der Waals surface area contributed by atoms with Crippen molar-refractivity contribution in [1.29, 1.82) is 0 Å². The molecule has 0 aromatic carbocycles. The van der Waals surface area contributed by atoms with Gasteiger partial charge in [-0.15, -0.1) is 0 Å². The van der Waals surface area contributed by atoms with Crippen molar-refractivity contribution in [2.45, 2.75) is 6.43 Å². The summed E-state index contributed by atoms with van der Waals surface area (Å²) in [6.07, 6.45) is -2.83. The molecule has 15 heavy (non-hydrogen) atoms. The first-order valence-corrected chi connectivity index (χ1v) is 4.59. The number of pyridine rings is 1. The Labute approximate surface area is 92.6 Å². The zero-order valence-corrected chi connectivity index (χ0v) is 9.22. The number of ether oxygens (including phenoxy) is 1. The van der Waals surface area contributed by atoms with Gasteiger partial charge in [-0.05, 0) is 15.9 Å². The van der Waals surface area contributed by atoms with E-state index in [-0.39, 0.29) is 16.0 Å². The summed E-state index contributed by atoms with van der Waals surface area (Å²) in [4.78, 5) is 14.6. The minimum Gasteiger partial charge on any atom is -0.481 e. The van der Waals surface area contributed by atoms with Gasteiger partial charge in [0.2, 0.25) is 11.8 Å². The number of primary amides is 1. The molecule has 1 aromatic heterocycles. The topological polar surface area (TPSA) is 65.2 Å². The van der Waals surface area contributed by atoms with Crippen LogP contribution in [0.15, 0.2) is 10.7 Å². The van der Waals surface area contributed by atoms with Crippen molar-refractivity contribution < 1.29 is 18.3 Å². The Hall–Kier alpha value is -1.24. The van der Waals surface area contributed by atoms with Crippen LogP contribution in [0, 0.1) is 0 Å². The maximum Gasteiger partial charge on any atom is 0.267 e. The van der Waals surface area contributed by atoms with Gasteiger partial charge in [-0.2, -0.15) is 0 Å². The van der Waals surface area contributed by atoms with Gasteiger partial charge >= 0.3 is 0 Å². The predicted molar refractivity (Wildman–Crippen MR) is 52.0 cm³/mol. The summed E-state index contributed by atoms with van der Waals surface area (Å²) in [7, 11) is 1.31. The van der Waals surface area contributed by atoms with Gasteiger partial charge in [0.05, 0.1) is 18.2 Å². The molecule has 1 heterocycles. The van der Waals surface area contributed by atoms with E-state index in [9.17, 15) is 13.6 Å². The Bertz CT molecular complexity index is 398. The van der Waals surface area contributed by atoms with E-state index in [1.807, 2.05) is 0 Å². The lowest BCUT2D eigenvalue weighted by atomic mass is 10.1. The molecule has 0 aliphatic rings. The number of alkyl halides is 2. The van der Waals surface area contributed by atoms with Gasteiger partial charge in [-0.3, -0.25) is 4.79 Å². The van der Waals surface area contributed by atoms with Gasteiger partial charge in [-0.1, -0.05) is 0 Å². The normalized spacial score (nSPS) is 10.5. The molecule has 82 valence electrons. The number of amides is 1. The lowest BCUT2D eigenvalue weighted by Gasteiger charge is -2.09. The lowest BCUT2D eigenvalue weighted by molar-refractivity contribution is 0.0984. The van der Waals surface area contributed by atoms with Crippen LogP contribution in [0.4, 0.5) is 8.78 Å². The van der Waals surface area contributed by atoms with Gasteiger partial charge in [0.1, 0.15) is 4.60 Å². The molecule has 1 aromatic rings. The Morgan fingerprint density at radius 2 is 2.27 bits per heavy atom. The molecule has 0 bridgehead atoms. The van der Waals surface area contributed by atoms with Crippen LogP contribution in [0.25, 0.3) is 0 Å². The largest absolute Gasteiger partial charge is 0.481 e. The second-order valence-electron chi connectivity index (χ2n) is 2.58. The summed E-state index contributed by atoms with van der Waals surface area (Å²) < 4.78 is 29.7. The van der Waals surface area contributed by atoms with Crippen molar-refractivity contribution in [3.63, 3.8) is 0 Å². The number of hydrogen-bond acceptors (Lipinski definition) is 3. The molecule has 0 spiro atoms. The number of nitrogens with zero attached hydrogens (tertiary/aromatic N) is 1. The van der Waals surface area contributed by atoms with E-state index in [2.05, 4.69) is 20.9 Å². The highest BCUT2D eigenvalue weighted by atomic mass is 79.9.